The number of hydrogen-bond donors (Lipinski definition) is 0. The summed E-state index contributed by atoms with van der Waals surface area (Å²) in [5.74, 6) is -4.13. The van der Waals surface area contributed by atoms with Gasteiger partial charge in [0.25, 0.3) is 0 Å². The lowest BCUT2D eigenvalue weighted by Gasteiger charge is -2.29. The summed E-state index contributed by atoms with van der Waals surface area (Å²) in [4.78, 5) is 0. The second-order valence-electron chi connectivity index (χ2n) is 8.59. The Balaban J connectivity index is 1.50. The summed E-state index contributed by atoms with van der Waals surface area (Å²) < 4.78 is 75.2. The van der Waals surface area contributed by atoms with Crippen molar-refractivity contribution in [2.75, 3.05) is 19.7 Å². The van der Waals surface area contributed by atoms with E-state index in [4.69, 9.17) is 14.2 Å². The average Bonchev–Trinajstić information content (AvgIpc) is 2.90. The zero-order valence-corrected chi connectivity index (χ0v) is 20.2. The van der Waals surface area contributed by atoms with Crippen molar-refractivity contribution in [1.29, 1.82) is 0 Å². The van der Waals surface area contributed by atoms with E-state index in [-0.39, 0.29) is 34.9 Å². The Hall–Kier alpha value is -3.10. The van der Waals surface area contributed by atoms with E-state index in [2.05, 4.69) is 6.08 Å². The zero-order valence-electron chi connectivity index (χ0n) is 20.2. The molecule has 0 radical (unpaired) electrons. The number of ether oxygens (including phenoxy) is 3. The van der Waals surface area contributed by atoms with Crippen molar-refractivity contribution in [1.82, 2.24) is 0 Å². The average molecular weight is 498 g/mol. The van der Waals surface area contributed by atoms with E-state index in [1.807, 2.05) is 13.0 Å². The molecule has 1 fully saturated rings. The van der Waals surface area contributed by atoms with Gasteiger partial charge >= 0.3 is 0 Å². The summed E-state index contributed by atoms with van der Waals surface area (Å²) in [6.45, 7) is 2.99. The molecular weight excluding hydrogens is 471 g/mol. The molecule has 0 spiro atoms. The molecule has 0 N–H and O–H groups in total. The van der Waals surface area contributed by atoms with Crippen LogP contribution >= 0.6 is 0 Å². The highest BCUT2D eigenvalue weighted by atomic mass is 19.2. The van der Waals surface area contributed by atoms with E-state index in [0.29, 0.717) is 24.3 Å². The van der Waals surface area contributed by atoms with Crippen LogP contribution in [0, 0.1) is 29.2 Å². The highest BCUT2D eigenvalue weighted by Gasteiger charge is 2.28. The highest BCUT2D eigenvalue weighted by molar-refractivity contribution is 6.08. The third kappa shape index (κ3) is 5.50. The monoisotopic (exact) mass is 498 g/mol. The van der Waals surface area contributed by atoms with Gasteiger partial charge in [-0.15, -0.1) is 0 Å². The van der Waals surface area contributed by atoms with Crippen molar-refractivity contribution < 1.29 is 31.8 Å². The second-order valence-corrected chi connectivity index (χ2v) is 8.59. The molecule has 36 heavy (non-hydrogen) atoms. The van der Waals surface area contributed by atoms with Crippen LogP contribution in [0.2, 0.25) is 0 Å². The molecule has 1 saturated heterocycles. The van der Waals surface area contributed by atoms with E-state index in [1.54, 1.807) is 7.85 Å². The van der Waals surface area contributed by atoms with Gasteiger partial charge in [0, 0.05) is 22.6 Å². The van der Waals surface area contributed by atoms with Crippen LogP contribution in [0.5, 0.6) is 5.75 Å². The van der Waals surface area contributed by atoms with Crippen LogP contribution in [-0.2, 0) is 9.47 Å². The van der Waals surface area contributed by atoms with Crippen LogP contribution in [0.1, 0.15) is 31.6 Å². The minimum atomic E-state index is -1.07. The lowest BCUT2D eigenvalue weighted by atomic mass is 9.98. The summed E-state index contributed by atoms with van der Waals surface area (Å²) in [7, 11) is 1.68. The minimum absolute atomic E-state index is 0.00621. The Morgan fingerprint density at radius 3 is 2.00 bits per heavy atom. The van der Waals surface area contributed by atoms with Crippen molar-refractivity contribution in [2.45, 2.75) is 26.1 Å². The largest absolute Gasteiger partial charge is 0.500 e. The standard InChI is InChI=1S/C28H27BF4O3/c1-2-3-4-5-17-14-34-28(35-15-17)22-11-10-20(24(30)26(22)32)18-6-8-19(9-7-18)21-12-13-23(36-16-29)27(33)25(21)31/h2-3,6-13,17,28H,4-5,14-16,29H2,1H3/b3-2+. The van der Waals surface area contributed by atoms with Crippen LogP contribution in [0.15, 0.2) is 60.7 Å². The van der Waals surface area contributed by atoms with Gasteiger partial charge in [0.1, 0.15) is 0 Å². The molecule has 1 aliphatic rings. The molecule has 0 saturated carbocycles. The summed E-state index contributed by atoms with van der Waals surface area (Å²) in [5, 5.41) is 0. The van der Waals surface area contributed by atoms with Gasteiger partial charge in [-0.25, -0.2) is 13.2 Å². The number of hydrogen-bond acceptors (Lipinski definition) is 3. The quantitative estimate of drug-likeness (QED) is 0.200. The molecule has 1 aliphatic heterocycles. The fourth-order valence-electron chi connectivity index (χ4n) is 4.21. The van der Waals surface area contributed by atoms with Gasteiger partial charge in [-0.3, -0.25) is 0 Å². The third-order valence-corrected chi connectivity index (χ3v) is 6.16. The number of halogens is 4. The van der Waals surface area contributed by atoms with Crippen LogP contribution < -0.4 is 4.74 Å². The molecule has 0 aliphatic carbocycles. The van der Waals surface area contributed by atoms with Gasteiger partial charge in [0.2, 0.25) is 5.82 Å². The fraction of sp³-hybridized carbons (Fsp3) is 0.286. The van der Waals surface area contributed by atoms with Crippen LogP contribution in [0.4, 0.5) is 17.6 Å². The Labute approximate surface area is 209 Å². The second kappa shape index (κ2) is 11.8. The Kier molecular flexibility index (Phi) is 8.49. The molecule has 1 heterocycles. The SMILES string of the molecule is BCOc1ccc(-c2ccc(-c3ccc(C4OCC(CC/C=C/C)CO4)c(F)c3F)cc2)c(F)c1F. The Morgan fingerprint density at radius 2 is 1.42 bits per heavy atom. The molecule has 0 bridgehead atoms. The first kappa shape index (κ1) is 26.0. The van der Waals surface area contributed by atoms with E-state index in [1.165, 1.54) is 48.5 Å². The summed E-state index contributed by atoms with van der Waals surface area (Å²) in [6.07, 6.45) is 4.90. The maximum absolute atomic E-state index is 15.0. The van der Waals surface area contributed by atoms with E-state index in [9.17, 15) is 13.2 Å². The smallest absolute Gasteiger partial charge is 0.201 e. The van der Waals surface area contributed by atoms with E-state index >= 15 is 4.39 Å². The molecule has 4 rings (SSSR count). The van der Waals surface area contributed by atoms with Gasteiger partial charge in [-0.2, -0.15) is 4.39 Å². The predicted molar refractivity (Wildman–Crippen MR) is 133 cm³/mol. The lowest BCUT2D eigenvalue weighted by Crippen LogP contribution is -2.27. The molecule has 0 atom stereocenters. The van der Waals surface area contributed by atoms with Gasteiger partial charge in [0.15, 0.2) is 37.3 Å². The van der Waals surface area contributed by atoms with Crippen LogP contribution in [-0.4, -0.2) is 27.6 Å². The Morgan fingerprint density at radius 1 is 0.833 bits per heavy atom. The number of rotatable bonds is 8. The van der Waals surface area contributed by atoms with Crippen molar-refractivity contribution >= 4 is 7.85 Å². The Bertz CT molecular complexity index is 1220. The van der Waals surface area contributed by atoms with Crippen molar-refractivity contribution in [3.05, 3.63) is 89.5 Å². The van der Waals surface area contributed by atoms with Crippen molar-refractivity contribution in [2.24, 2.45) is 5.92 Å². The van der Waals surface area contributed by atoms with Crippen molar-refractivity contribution in [3.63, 3.8) is 0 Å². The molecule has 8 heteroatoms. The van der Waals surface area contributed by atoms with Gasteiger partial charge in [-0.1, -0.05) is 48.6 Å². The van der Waals surface area contributed by atoms with E-state index in [0.717, 1.165) is 12.8 Å². The van der Waals surface area contributed by atoms with Crippen LogP contribution in [0.25, 0.3) is 22.3 Å². The third-order valence-electron chi connectivity index (χ3n) is 6.16. The maximum atomic E-state index is 15.0. The number of allylic oxidation sites excluding steroid dienone is 2. The first-order valence-corrected chi connectivity index (χ1v) is 12.0. The first-order chi connectivity index (χ1) is 17.4. The molecule has 0 aromatic heterocycles. The molecule has 3 aromatic rings. The molecule has 188 valence electrons. The lowest BCUT2D eigenvalue weighted by molar-refractivity contribution is -0.207. The number of benzene rings is 3. The van der Waals surface area contributed by atoms with Crippen LogP contribution in [0.3, 0.4) is 0 Å². The summed E-state index contributed by atoms with van der Waals surface area (Å²) in [6, 6.07) is 11.8. The molecule has 0 unspecified atom stereocenters. The van der Waals surface area contributed by atoms with Gasteiger partial charge in [0.05, 0.1) is 19.7 Å². The van der Waals surface area contributed by atoms with Gasteiger partial charge < -0.3 is 14.2 Å². The topological polar surface area (TPSA) is 27.7 Å². The highest BCUT2D eigenvalue weighted by Crippen LogP contribution is 2.35. The minimum Gasteiger partial charge on any atom is -0.500 e. The predicted octanol–water partition coefficient (Wildman–Crippen LogP) is 6.56. The molecule has 3 aromatic carbocycles. The van der Waals surface area contributed by atoms with E-state index < -0.39 is 29.6 Å². The summed E-state index contributed by atoms with van der Waals surface area (Å²) in [5.41, 5.74) is 0.875. The molecule has 3 nitrogen and oxygen atoms in total. The molecule has 0 amide bonds. The van der Waals surface area contributed by atoms with Crippen molar-refractivity contribution in [3.8, 4) is 28.0 Å². The normalized spacial score (nSPS) is 18.0. The molecular formula is C28H27BF4O3. The fourth-order valence-corrected chi connectivity index (χ4v) is 4.21. The zero-order chi connectivity index (χ0) is 25.7. The summed E-state index contributed by atoms with van der Waals surface area (Å²) >= 11 is 0. The van der Waals surface area contributed by atoms with Gasteiger partial charge in [-0.05, 0) is 43.0 Å². The maximum Gasteiger partial charge on any atom is 0.201 e. The first-order valence-electron chi connectivity index (χ1n) is 12.0.